The number of halogens is 4. The van der Waals surface area contributed by atoms with Crippen LogP contribution in [0.25, 0.3) is 0 Å². The Bertz CT molecular complexity index is 165. The standard InChI is InChI=1S/C3H2Cl4O2/c4-2(8)9-1-3(5,6)7/h1H2/i1D2. The molecule has 0 aliphatic carbocycles. The molecule has 0 aromatic rings. The smallest absolute Gasteiger partial charge is 0.403 e. The quantitative estimate of drug-likeness (QED) is 0.495. The van der Waals surface area contributed by atoms with Gasteiger partial charge in [0.15, 0.2) is 0 Å². The summed E-state index contributed by atoms with van der Waals surface area (Å²) in [5, 5.41) is 0. The fourth-order valence-corrected chi connectivity index (χ4v) is 0.252. The second-order valence-corrected chi connectivity index (χ2v) is 3.53. The van der Waals surface area contributed by atoms with Gasteiger partial charge in [0.25, 0.3) is 0 Å². The highest BCUT2D eigenvalue weighted by Gasteiger charge is 2.21. The molecular weight excluding hydrogens is 210 g/mol. The van der Waals surface area contributed by atoms with Gasteiger partial charge in [-0.1, -0.05) is 34.8 Å². The third-order valence-electron chi connectivity index (χ3n) is 0.247. The van der Waals surface area contributed by atoms with Gasteiger partial charge in [0, 0.05) is 11.6 Å². The Morgan fingerprint density at radius 2 is 2.11 bits per heavy atom. The first-order valence-electron chi connectivity index (χ1n) is 2.62. The van der Waals surface area contributed by atoms with E-state index in [-0.39, 0.29) is 0 Å². The molecule has 0 radical (unpaired) electrons. The van der Waals surface area contributed by atoms with Crippen molar-refractivity contribution in [3.63, 3.8) is 0 Å². The molecule has 0 fully saturated rings. The van der Waals surface area contributed by atoms with E-state index in [0.717, 1.165) is 0 Å². The topological polar surface area (TPSA) is 26.3 Å². The Hall–Kier alpha value is 0.630. The third kappa shape index (κ3) is 8.63. The Kier molecular flexibility index (Phi) is 2.62. The van der Waals surface area contributed by atoms with Crippen LogP contribution in [-0.2, 0) is 4.74 Å². The maximum atomic E-state index is 10.0. The van der Waals surface area contributed by atoms with Crippen molar-refractivity contribution in [1.29, 1.82) is 0 Å². The molecule has 0 saturated carbocycles. The lowest BCUT2D eigenvalue weighted by Crippen LogP contribution is -2.13. The number of hydrogen-bond acceptors (Lipinski definition) is 2. The minimum absolute atomic E-state index is 1.37. The minimum atomic E-state index is -2.73. The van der Waals surface area contributed by atoms with Gasteiger partial charge in [0.2, 0.25) is 3.79 Å². The fourth-order valence-electron chi connectivity index (χ4n) is 0.0980. The summed E-state index contributed by atoms with van der Waals surface area (Å²) in [5.41, 5.74) is -1.37. The Morgan fingerprint density at radius 3 is 2.22 bits per heavy atom. The summed E-state index contributed by atoms with van der Waals surface area (Å²) in [6.45, 7) is -2.73. The van der Waals surface area contributed by atoms with E-state index in [2.05, 4.69) is 4.74 Å². The predicted molar refractivity (Wildman–Crippen MR) is 37.5 cm³/mol. The molecule has 0 aromatic heterocycles. The van der Waals surface area contributed by atoms with Crippen molar-refractivity contribution in [3.8, 4) is 0 Å². The van der Waals surface area contributed by atoms with E-state index < -0.39 is 15.8 Å². The number of hydrogen-bond donors (Lipinski definition) is 0. The molecule has 9 heavy (non-hydrogen) atoms. The zero-order valence-electron chi connectivity index (χ0n) is 5.83. The molecule has 0 N–H and O–H groups in total. The van der Waals surface area contributed by atoms with E-state index >= 15 is 0 Å². The van der Waals surface area contributed by atoms with Crippen molar-refractivity contribution < 1.29 is 12.3 Å². The number of alkyl halides is 3. The molecule has 0 heterocycles. The van der Waals surface area contributed by atoms with Crippen LogP contribution in [0, 0.1) is 0 Å². The minimum Gasteiger partial charge on any atom is -0.449 e. The van der Waals surface area contributed by atoms with Gasteiger partial charge in [-0.15, -0.1) is 0 Å². The predicted octanol–water partition coefficient (Wildman–Crippen LogP) is 2.73. The fraction of sp³-hybridized carbons (Fsp3) is 0.667. The van der Waals surface area contributed by atoms with Crippen LogP contribution >= 0.6 is 46.4 Å². The van der Waals surface area contributed by atoms with Crippen molar-refractivity contribution in [2.75, 3.05) is 6.56 Å². The lowest BCUT2D eigenvalue weighted by Gasteiger charge is -2.07. The van der Waals surface area contributed by atoms with Crippen LogP contribution in [0.5, 0.6) is 0 Å². The molecule has 0 aliphatic heterocycles. The van der Waals surface area contributed by atoms with Gasteiger partial charge >= 0.3 is 5.43 Å². The molecule has 0 amide bonds. The Morgan fingerprint density at radius 1 is 1.67 bits per heavy atom. The first-order valence-corrected chi connectivity index (χ1v) is 3.13. The third-order valence-corrected chi connectivity index (χ3v) is 0.556. The van der Waals surface area contributed by atoms with Crippen molar-refractivity contribution in [2.24, 2.45) is 0 Å². The first-order chi connectivity index (χ1) is 4.67. The molecule has 54 valence electrons. The zero-order chi connectivity index (χ0) is 9.28. The summed E-state index contributed by atoms with van der Waals surface area (Å²) < 4.78 is 15.2. The van der Waals surface area contributed by atoms with Gasteiger partial charge in [-0.2, -0.15) is 0 Å². The van der Waals surface area contributed by atoms with Gasteiger partial charge < -0.3 is 4.74 Å². The van der Waals surface area contributed by atoms with Crippen LogP contribution in [0.3, 0.4) is 0 Å². The summed E-state index contributed by atoms with van der Waals surface area (Å²) in [4.78, 5) is 10.0. The average Bonchev–Trinajstić information content (AvgIpc) is 1.56. The van der Waals surface area contributed by atoms with Crippen molar-refractivity contribution in [1.82, 2.24) is 0 Å². The first kappa shape index (κ1) is 6.35. The van der Waals surface area contributed by atoms with E-state index in [4.69, 9.17) is 49.1 Å². The molecular formula is C3H2Cl4O2. The summed E-state index contributed by atoms with van der Waals surface area (Å²) in [6.07, 6.45) is 0. The molecule has 6 heteroatoms. The van der Waals surface area contributed by atoms with E-state index in [1.165, 1.54) is 0 Å². The van der Waals surface area contributed by atoms with Crippen LogP contribution in [0.2, 0.25) is 0 Å². The Balaban J connectivity index is 4.34. The van der Waals surface area contributed by atoms with Crippen LogP contribution in [0.1, 0.15) is 2.74 Å². The second kappa shape index (κ2) is 3.71. The monoisotopic (exact) mass is 212 g/mol. The van der Waals surface area contributed by atoms with E-state index in [9.17, 15) is 4.79 Å². The lowest BCUT2D eigenvalue weighted by molar-refractivity contribution is 0.176. The van der Waals surface area contributed by atoms with Crippen LogP contribution in [0.4, 0.5) is 4.79 Å². The highest BCUT2D eigenvalue weighted by Crippen LogP contribution is 2.25. The molecule has 0 aromatic carbocycles. The molecule has 0 aliphatic rings. The summed E-state index contributed by atoms with van der Waals surface area (Å²) in [5.74, 6) is 0. The summed E-state index contributed by atoms with van der Waals surface area (Å²) in [6, 6.07) is 0. The van der Waals surface area contributed by atoms with Crippen molar-refractivity contribution in [2.45, 2.75) is 3.79 Å². The van der Waals surface area contributed by atoms with Crippen LogP contribution < -0.4 is 0 Å². The lowest BCUT2D eigenvalue weighted by atomic mass is 10.8. The molecule has 0 saturated heterocycles. The highest BCUT2D eigenvalue weighted by atomic mass is 35.6. The molecule has 0 rings (SSSR count). The second-order valence-electron chi connectivity index (χ2n) is 0.940. The summed E-state index contributed by atoms with van der Waals surface area (Å²) >= 11 is 20.0. The van der Waals surface area contributed by atoms with Crippen LogP contribution in [-0.4, -0.2) is 15.8 Å². The highest BCUT2D eigenvalue weighted by molar-refractivity contribution is 6.68. The van der Waals surface area contributed by atoms with Gasteiger partial charge in [-0.3, -0.25) is 0 Å². The average molecular weight is 214 g/mol. The number of carbonyl (C=O) groups is 1. The van der Waals surface area contributed by atoms with Crippen molar-refractivity contribution >= 4 is 51.8 Å². The SMILES string of the molecule is [2H]C([2H])(OC(=O)Cl)C(Cl)(Cl)Cl. The molecule has 0 bridgehead atoms. The van der Waals surface area contributed by atoms with Crippen molar-refractivity contribution in [3.05, 3.63) is 0 Å². The summed E-state index contributed by atoms with van der Waals surface area (Å²) in [7, 11) is 0. The van der Waals surface area contributed by atoms with Gasteiger partial charge in [0.05, 0.1) is 2.74 Å². The molecule has 0 unspecified atom stereocenters. The normalized spacial score (nSPS) is 16.0. The number of ether oxygens (including phenoxy) is 1. The maximum absolute atomic E-state index is 10.0. The number of rotatable bonds is 1. The van der Waals surface area contributed by atoms with Gasteiger partial charge in [-0.25, -0.2) is 4.79 Å². The maximum Gasteiger partial charge on any atom is 0.403 e. The number of carbonyl (C=O) groups excluding carboxylic acids is 1. The van der Waals surface area contributed by atoms with Crippen LogP contribution in [0.15, 0.2) is 0 Å². The van der Waals surface area contributed by atoms with Gasteiger partial charge in [-0.05, 0) is 0 Å². The zero-order valence-corrected chi connectivity index (χ0v) is 6.85. The molecule has 2 nitrogen and oxygen atoms in total. The van der Waals surface area contributed by atoms with E-state index in [0.29, 0.717) is 0 Å². The van der Waals surface area contributed by atoms with E-state index in [1.807, 2.05) is 0 Å². The Labute approximate surface area is 74.8 Å². The molecule has 0 atom stereocenters. The van der Waals surface area contributed by atoms with Gasteiger partial charge in [0.1, 0.15) is 6.56 Å². The largest absolute Gasteiger partial charge is 0.449 e. The molecule has 0 spiro atoms. The van der Waals surface area contributed by atoms with E-state index in [1.54, 1.807) is 0 Å².